The van der Waals surface area contributed by atoms with E-state index < -0.39 is 240 Å². The van der Waals surface area contributed by atoms with Crippen LogP contribution in [0.3, 0.4) is 0 Å². The molecule has 5 fully saturated rings. The number of amides is 2. The molecule has 0 spiro atoms. The van der Waals surface area contributed by atoms with Gasteiger partial charge in [0.1, 0.15) is 134 Å². The van der Waals surface area contributed by atoms with Crippen molar-refractivity contribution >= 4 is 22.2 Å². The third-order valence-corrected chi connectivity index (χ3v) is 13.5. The average molecular weight is 1140 g/mol. The molecule has 0 aliphatic carbocycles. The highest BCUT2D eigenvalue weighted by Gasteiger charge is 2.57. The zero-order valence-corrected chi connectivity index (χ0v) is 41.4. The van der Waals surface area contributed by atoms with Crippen molar-refractivity contribution in [2.45, 2.75) is 199 Å². The van der Waals surface area contributed by atoms with E-state index in [2.05, 4.69) is 14.8 Å². The molecule has 444 valence electrons. The number of carbonyl (C=O) groups is 2. The van der Waals surface area contributed by atoms with E-state index in [-0.39, 0.29) is 0 Å². The van der Waals surface area contributed by atoms with Crippen LogP contribution in [-0.2, 0) is 71.5 Å². The lowest BCUT2D eigenvalue weighted by atomic mass is 9.95. The molecule has 20 N–H and O–H groups in total. The fourth-order valence-electron chi connectivity index (χ4n) is 8.86. The molecule has 36 heteroatoms. The van der Waals surface area contributed by atoms with Gasteiger partial charge in [-0.2, -0.15) is 8.42 Å². The number of rotatable bonds is 23. The van der Waals surface area contributed by atoms with E-state index in [1.54, 1.807) is 0 Å². The topological polar surface area (TPSA) is 558 Å². The molecule has 5 heterocycles. The molecule has 0 unspecified atom stereocenters. The predicted octanol–water partition coefficient (Wildman–Crippen LogP) is -13.3. The van der Waals surface area contributed by atoms with Crippen molar-refractivity contribution in [3.63, 3.8) is 0 Å². The number of nitrogens with one attached hydrogen (secondary N) is 2. The molecule has 5 rings (SSSR count). The lowest BCUT2D eigenvalue weighted by Crippen LogP contribution is -2.69. The first-order valence-electron chi connectivity index (χ1n) is 23.5. The van der Waals surface area contributed by atoms with Crippen molar-refractivity contribution in [2.75, 3.05) is 39.6 Å². The molecular weight excluding hydrogens is 1070 g/mol. The molecule has 2 amide bonds. The highest BCUT2D eigenvalue weighted by molar-refractivity contribution is 7.80. The summed E-state index contributed by atoms with van der Waals surface area (Å²) >= 11 is 0. The Labute approximate surface area is 431 Å². The maximum absolute atomic E-state index is 12.5. The van der Waals surface area contributed by atoms with E-state index in [9.17, 15) is 105 Å². The van der Waals surface area contributed by atoms with Crippen LogP contribution in [0.5, 0.6) is 0 Å². The number of carbonyl (C=O) groups excluding carboxylic acids is 2. The summed E-state index contributed by atoms with van der Waals surface area (Å²) in [6.45, 7) is -3.46. The van der Waals surface area contributed by atoms with Crippen LogP contribution in [0.1, 0.15) is 20.8 Å². The van der Waals surface area contributed by atoms with Crippen LogP contribution in [-0.4, -0.2) is 329 Å². The van der Waals surface area contributed by atoms with Crippen LogP contribution >= 0.6 is 0 Å². The second kappa shape index (κ2) is 27.9. The standard InChI is InChI=1S/C40H70N2O33S/c1-10-20(50)27(57)30(60)37(67-10)75-35-33(73-39-34(29(59)23(53)16(6-45)69-39)74-38-31(61)28(58)22(52)15(5-44)68-38)25(55)17(7-46)70-40(35)72-32(13(4-43)41-11(2)47)21(51)14(49)8-65-36-19(42-12(3)48)26(56)24(54)18(71-36)9-66-76(62,63)64/h10,13-40,43-46,49-61H,4-9H2,1-3H3,(H,41,47)(H,42,48)(H,62,63,64)/t10-,13-,14+,15+,16+,17+,18+,19+,20+,21-,22-,23-,24+,25-,26+,27+,28-,29-,30-,31+,32+,33-,34+,35+,36+,37-,38-,39+,40-/m0/s1. The maximum atomic E-state index is 12.5. The molecule has 0 aromatic heterocycles. The largest absolute Gasteiger partial charge is 0.397 e. The Bertz CT molecular complexity index is 1930. The number of hydrogen-bond acceptors (Lipinski definition) is 32. The van der Waals surface area contributed by atoms with E-state index in [1.165, 1.54) is 6.92 Å². The van der Waals surface area contributed by atoms with E-state index in [1.807, 2.05) is 0 Å². The van der Waals surface area contributed by atoms with Gasteiger partial charge >= 0.3 is 10.4 Å². The van der Waals surface area contributed by atoms with Crippen LogP contribution in [0, 0.1) is 0 Å². The Morgan fingerprint density at radius 2 is 1.04 bits per heavy atom. The fourth-order valence-corrected chi connectivity index (χ4v) is 9.16. The van der Waals surface area contributed by atoms with Gasteiger partial charge in [0.2, 0.25) is 11.8 Å². The van der Waals surface area contributed by atoms with Gasteiger partial charge in [-0.25, -0.2) is 4.18 Å². The number of ether oxygens (including phenoxy) is 10. The Morgan fingerprint density at radius 3 is 1.59 bits per heavy atom. The van der Waals surface area contributed by atoms with Gasteiger partial charge in [0, 0.05) is 13.8 Å². The van der Waals surface area contributed by atoms with Gasteiger partial charge in [0.15, 0.2) is 31.5 Å². The third kappa shape index (κ3) is 15.4. The van der Waals surface area contributed by atoms with Crippen molar-refractivity contribution in [3.8, 4) is 0 Å². The Hall–Kier alpha value is -2.27. The van der Waals surface area contributed by atoms with Crippen LogP contribution in [0.2, 0.25) is 0 Å². The first kappa shape index (κ1) is 64.5. The van der Waals surface area contributed by atoms with Gasteiger partial charge in [-0.3, -0.25) is 14.1 Å². The summed E-state index contributed by atoms with van der Waals surface area (Å²) in [5.74, 6) is -1.75. The molecule has 0 radical (unpaired) electrons. The third-order valence-electron chi connectivity index (χ3n) is 13.0. The summed E-state index contributed by atoms with van der Waals surface area (Å²) in [4.78, 5) is 24.6. The molecule has 76 heavy (non-hydrogen) atoms. The second-order valence-corrected chi connectivity index (χ2v) is 19.6. The van der Waals surface area contributed by atoms with Gasteiger partial charge in [0.05, 0.1) is 51.8 Å². The molecular formula is C40H70N2O33S. The zero-order chi connectivity index (χ0) is 56.8. The molecule has 0 bridgehead atoms. The Balaban J connectivity index is 1.54. The van der Waals surface area contributed by atoms with Crippen molar-refractivity contribution in [1.82, 2.24) is 10.6 Å². The second-order valence-electron chi connectivity index (χ2n) is 18.5. The summed E-state index contributed by atoms with van der Waals surface area (Å²) in [5.41, 5.74) is 0. The van der Waals surface area contributed by atoms with Gasteiger partial charge < -0.3 is 145 Å². The monoisotopic (exact) mass is 1140 g/mol. The molecule has 5 aliphatic rings. The summed E-state index contributed by atoms with van der Waals surface area (Å²) in [7, 11) is -5.15. The molecule has 35 nitrogen and oxygen atoms in total. The molecule has 29 atom stereocenters. The summed E-state index contributed by atoms with van der Waals surface area (Å²) in [6, 6.07) is -3.52. The van der Waals surface area contributed by atoms with Crippen LogP contribution < -0.4 is 10.6 Å². The fraction of sp³-hybridized carbons (Fsp3) is 0.950. The zero-order valence-electron chi connectivity index (χ0n) is 40.6. The minimum absolute atomic E-state index is 0.839. The Morgan fingerprint density at radius 1 is 0.553 bits per heavy atom. The highest BCUT2D eigenvalue weighted by atomic mass is 32.3. The SMILES string of the molecule is CC(=O)N[C@H]1[C@H](OC[C@@H](O)[C@H](O)[C@H](O[C@@H]2O[C@H](CO)[C@H](O)[C@H](O[C@H]3O[C@H](CO)[C@H](O)[C@H](O)[C@H]3O[C@@H]3O[C@H](CO)[C@H](O)[C@H](O)[C@H]3O)[C@H]2O[C@@H]2O[C@@H](C)[C@@H](O)[C@@H](O)[C@@H]2O)[C@H](CO)NC(C)=O)O[C@H](COS(=O)(=O)O)[C@@H](O)[C@@H]1O. The number of aliphatic hydroxyl groups is 17. The van der Waals surface area contributed by atoms with Gasteiger partial charge in [-0.1, -0.05) is 0 Å². The van der Waals surface area contributed by atoms with Crippen LogP contribution in [0.25, 0.3) is 0 Å². The maximum Gasteiger partial charge on any atom is 0.397 e. The van der Waals surface area contributed by atoms with E-state index >= 15 is 0 Å². The van der Waals surface area contributed by atoms with Crippen LogP contribution in [0.4, 0.5) is 0 Å². The molecule has 0 aromatic rings. The van der Waals surface area contributed by atoms with Crippen molar-refractivity contribution in [3.05, 3.63) is 0 Å². The summed E-state index contributed by atoms with van der Waals surface area (Å²) in [5, 5.41) is 188. The minimum atomic E-state index is -5.15. The van der Waals surface area contributed by atoms with E-state index in [0.717, 1.165) is 13.8 Å². The summed E-state index contributed by atoms with van der Waals surface area (Å²) in [6.07, 6.45) is -55.3. The number of aliphatic hydroxyl groups excluding tert-OH is 17. The molecule has 5 aliphatic heterocycles. The lowest BCUT2D eigenvalue weighted by Gasteiger charge is -2.50. The van der Waals surface area contributed by atoms with Gasteiger partial charge in [-0.05, 0) is 6.92 Å². The van der Waals surface area contributed by atoms with E-state index in [0.29, 0.717) is 0 Å². The number of hydrogen-bond donors (Lipinski definition) is 20. The summed E-state index contributed by atoms with van der Waals surface area (Å²) < 4.78 is 93.6. The quantitative estimate of drug-likeness (QED) is 0.0423. The smallest absolute Gasteiger partial charge is 0.394 e. The van der Waals surface area contributed by atoms with Crippen LogP contribution in [0.15, 0.2) is 0 Å². The Kier molecular flexibility index (Phi) is 23.7. The highest BCUT2D eigenvalue weighted by Crippen LogP contribution is 2.37. The molecule has 0 aromatic carbocycles. The molecule has 5 saturated heterocycles. The van der Waals surface area contributed by atoms with Crippen molar-refractivity contribution in [2.24, 2.45) is 0 Å². The minimum Gasteiger partial charge on any atom is -0.394 e. The molecule has 0 saturated carbocycles. The normalized spacial score (nSPS) is 44.1. The van der Waals surface area contributed by atoms with Gasteiger partial charge in [-0.15, -0.1) is 0 Å². The average Bonchev–Trinajstić information content (AvgIpc) is 3.37. The predicted molar refractivity (Wildman–Crippen MR) is 234 cm³/mol. The lowest BCUT2D eigenvalue weighted by molar-refractivity contribution is -0.407. The van der Waals surface area contributed by atoms with Crippen molar-refractivity contribution in [1.29, 1.82) is 0 Å². The van der Waals surface area contributed by atoms with E-state index in [4.69, 9.17) is 51.9 Å². The van der Waals surface area contributed by atoms with Gasteiger partial charge in [0.25, 0.3) is 0 Å². The van der Waals surface area contributed by atoms with Crippen molar-refractivity contribution < 1.29 is 161 Å². The first-order valence-corrected chi connectivity index (χ1v) is 24.9. The first-order chi connectivity index (χ1) is 35.6.